The van der Waals surface area contributed by atoms with Crippen molar-refractivity contribution in [1.82, 2.24) is 0 Å². The Morgan fingerprint density at radius 3 is 2.60 bits per heavy atom. The average molecular weight is 348 g/mol. The number of aryl methyl sites for hydroxylation is 2. The summed E-state index contributed by atoms with van der Waals surface area (Å²) in [6.07, 6.45) is 0. The summed E-state index contributed by atoms with van der Waals surface area (Å²) in [6, 6.07) is 12.4. The van der Waals surface area contributed by atoms with Gasteiger partial charge < -0.3 is 15.3 Å². The van der Waals surface area contributed by atoms with Crippen LogP contribution >= 0.6 is 0 Å². The molecular formula is C18H18F2N2O3. The smallest absolute Gasteiger partial charge is 0.407 e. The van der Waals surface area contributed by atoms with E-state index in [0.717, 1.165) is 11.1 Å². The van der Waals surface area contributed by atoms with Gasteiger partial charge in [0.2, 0.25) is 0 Å². The van der Waals surface area contributed by atoms with E-state index < -0.39 is 12.5 Å². The number of primary amides is 1. The zero-order valence-corrected chi connectivity index (χ0v) is 13.8. The van der Waals surface area contributed by atoms with Gasteiger partial charge in [0.25, 0.3) is 5.91 Å². The highest BCUT2D eigenvalue weighted by Gasteiger charge is 2.17. The molecule has 0 unspecified atom stereocenters. The molecule has 0 spiro atoms. The number of benzene rings is 2. The van der Waals surface area contributed by atoms with Crippen LogP contribution in [0.3, 0.4) is 0 Å². The summed E-state index contributed by atoms with van der Waals surface area (Å²) in [4.78, 5) is 15.4. The van der Waals surface area contributed by atoms with E-state index in [4.69, 9.17) is 10.5 Å². The number of amides is 1. The summed E-state index contributed by atoms with van der Waals surface area (Å²) in [7, 11) is 0. The summed E-state index contributed by atoms with van der Waals surface area (Å²) >= 11 is 0. The van der Waals surface area contributed by atoms with Gasteiger partial charge in [0.15, 0.2) is 5.71 Å². The highest BCUT2D eigenvalue weighted by atomic mass is 19.3. The van der Waals surface area contributed by atoms with Crippen LogP contribution in [0.25, 0.3) is 0 Å². The Labute approximate surface area is 144 Å². The molecule has 0 saturated heterocycles. The zero-order chi connectivity index (χ0) is 18.4. The molecule has 0 bridgehead atoms. The lowest BCUT2D eigenvalue weighted by Crippen LogP contribution is -2.26. The first kappa shape index (κ1) is 18.4. The Morgan fingerprint density at radius 2 is 1.92 bits per heavy atom. The van der Waals surface area contributed by atoms with Crippen molar-refractivity contribution in [2.24, 2.45) is 10.9 Å². The Hall–Kier alpha value is -2.96. The number of nitrogens with two attached hydrogens (primary N) is 1. The lowest BCUT2D eigenvalue weighted by molar-refractivity contribution is -0.129. The maximum Gasteiger partial charge on any atom is 0.407 e. The van der Waals surface area contributed by atoms with Crippen molar-refractivity contribution in [1.29, 1.82) is 0 Å². The molecule has 0 aliphatic heterocycles. The number of ether oxygens (including phenoxy) is 1. The maximum atomic E-state index is 12.2. The van der Waals surface area contributed by atoms with E-state index in [-0.39, 0.29) is 17.9 Å². The molecule has 0 aliphatic carbocycles. The summed E-state index contributed by atoms with van der Waals surface area (Å²) in [6.45, 7) is 0.821. The van der Waals surface area contributed by atoms with Gasteiger partial charge in [-0.05, 0) is 36.6 Å². The van der Waals surface area contributed by atoms with E-state index in [2.05, 4.69) is 9.99 Å². The third kappa shape index (κ3) is 5.00. The molecule has 2 N–H and O–H groups in total. The summed E-state index contributed by atoms with van der Waals surface area (Å²) in [5.41, 5.74) is 7.69. The number of hydrogen-bond acceptors (Lipinski definition) is 4. The second-order valence-electron chi connectivity index (χ2n) is 5.38. The van der Waals surface area contributed by atoms with Gasteiger partial charge in [0.1, 0.15) is 12.4 Å². The molecule has 5 nitrogen and oxygen atoms in total. The third-order valence-corrected chi connectivity index (χ3v) is 3.46. The summed E-state index contributed by atoms with van der Waals surface area (Å²) in [5, 5.41) is 3.18. The van der Waals surface area contributed by atoms with Gasteiger partial charge in [-0.2, -0.15) is 8.78 Å². The van der Waals surface area contributed by atoms with Gasteiger partial charge in [0.05, 0.1) is 0 Å². The first-order valence-corrected chi connectivity index (χ1v) is 7.48. The predicted molar refractivity (Wildman–Crippen MR) is 89.5 cm³/mol. The van der Waals surface area contributed by atoms with Crippen LogP contribution in [-0.4, -0.2) is 18.2 Å². The SMILES string of the molecule is Cc1ccc(C)c(OCc2ccccc2C(=NOC(F)F)C(N)=O)c1. The van der Waals surface area contributed by atoms with Crippen molar-refractivity contribution in [3.05, 3.63) is 64.7 Å². The Morgan fingerprint density at radius 1 is 1.20 bits per heavy atom. The summed E-state index contributed by atoms with van der Waals surface area (Å²) in [5.74, 6) is -0.281. The van der Waals surface area contributed by atoms with Crippen LogP contribution in [0.15, 0.2) is 47.6 Å². The molecule has 0 saturated carbocycles. The zero-order valence-electron chi connectivity index (χ0n) is 13.8. The topological polar surface area (TPSA) is 73.9 Å². The van der Waals surface area contributed by atoms with E-state index in [0.29, 0.717) is 11.3 Å². The maximum absolute atomic E-state index is 12.2. The van der Waals surface area contributed by atoms with Gasteiger partial charge in [-0.1, -0.05) is 41.6 Å². The van der Waals surface area contributed by atoms with Gasteiger partial charge in [-0.3, -0.25) is 4.79 Å². The van der Waals surface area contributed by atoms with Crippen molar-refractivity contribution in [3.8, 4) is 5.75 Å². The standard InChI is InChI=1S/C18H18F2N2O3/c1-11-7-8-12(2)15(9-11)24-10-13-5-3-4-6-14(13)16(17(21)23)22-25-18(19)20/h3-9,18H,10H2,1-2H3,(H2,21,23). The molecule has 0 aliphatic rings. The highest BCUT2D eigenvalue weighted by Crippen LogP contribution is 2.21. The normalized spacial score (nSPS) is 11.5. The van der Waals surface area contributed by atoms with Crippen LogP contribution in [0.2, 0.25) is 0 Å². The molecule has 0 heterocycles. The van der Waals surface area contributed by atoms with Crippen LogP contribution in [0, 0.1) is 13.8 Å². The Kier molecular flexibility index (Phi) is 6.05. The van der Waals surface area contributed by atoms with Gasteiger partial charge in [-0.15, -0.1) is 0 Å². The van der Waals surface area contributed by atoms with E-state index in [1.807, 2.05) is 32.0 Å². The predicted octanol–water partition coefficient (Wildman–Crippen LogP) is 3.31. The molecule has 1 amide bonds. The fourth-order valence-corrected chi connectivity index (χ4v) is 2.21. The monoisotopic (exact) mass is 348 g/mol. The first-order chi connectivity index (χ1) is 11.9. The van der Waals surface area contributed by atoms with Crippen molar-refractivity contribution in [2.75, 3.05) is 0 Å². The molecular weight excluding hydrogens is 330 g/mol. The third-order valence-electron chi connectivity index (χ3n) is 3.46. The number of nitrogens with zero attached hydrogens (tertiary/aromatic N) is 1. The number of rotatable bonds is 7. The van der Waals surface area contributed by atoms with Gasteiger partial charge >= 0.3 is 6.61 Å². The fraction of sp³-hybridized carbons (Fsp3) is 0.222. The molecule has 7 heteroatoms. The van der Waals surface area contributed by atoms with Crippen LogP contribution in [0.5, 0.6) is 5.75 Å². The number of halogens is 2. The van der Waals surface area contributed by atoms with Crippen LogP contribution in [0.4, 0.5) is 8.78 Å². The van der Waals surface area contributed by atoms with Crippen molar-refractivity contribution < 1.29 is 23.1 Å². The number of oxime groups is 1. The second kappa shape index (κ2) is 8.23. The molecule has 2 rings (SSSR count). The second-order valence-corrected chi connectivity index (χ2v) is 5.38. The molecule has 0 fully saturated rings. The van der Waals surface area contributed by atoms with Gasteiger partial charge in [0, 0.05) is 5.56 Å². The molecule has 0 radical (unpaired) electrons. The minimum absolute atomic E-state index is 0.113. The average Bonchev–Trinajstić information content (AvgIpc) is 2.56. The molecule has 2 aromatic rings. The number of carbonyl (C=O) groups excluding carboxylic acids is 1. The van der Waals surface area contributed by atoms with E-state index >= 15 is 0 Å². The molecule has 0 aromatic heterocycles. The molecule has 2 aromatic carbocycles. The lowest BCUT2D eigenvalue weighted by atomic mass is 10.0. The quantitative estimate of drug-likeness (QED) is 0.616. The van der Waals surface area contributed by atoms with E-state index in [1.54, 1.807) is 24.3 Å². The number of alkyl halides is 2. The van der Waals surface area contributed by atoms with Crippen molar-refractivity contribution in [3.63, 3.8) is 0 Å². The van der Waals surface area contributed by atoms with E-state index in [9.17, 15) is 13.6 Å². The molecule has 25 heavy (non-hydrogen) atoms. The highest BCUT2D eigenvalue weighted by molar-refractivity contribution is 6.45. The number of carbonyl (C=O) groups is 1. The first-order valence-electron chi connectivity index (χ1n) is 7.48. The summed E-state index contributed by atoms with van der Waals surface area (Å²) < 4.78 is 30.2. The molecule has 0 atom stereocenters. The minimum atomic E-state index is -3.15. The van der Waals surface area contributed by atoms with Crippen LogP contribution in [0.1, 0.15) is 22.3 Å². The molecule has 132 valence electrons. The number of hydrogen-bond donors (Lipinski definition) is 1. The fourth-order valence-electron chi connectivity index (χ4n) is 2.21. The van der Waals surface area contributed by atoms with E-state index in [1.165, 1.54) is 0 Å². The van der Waals surface area contributed by atoms with Crippen LogP contribution in [-0.2, 0) is 16.2 Å². The largest absolute Gasteiger partial charge is 0.489 e. The van der Waals surface area contributed by atoms with Gasteiger partial charge in [-0.25, -0.2) is 0 Å². The van der Waals surface area contributed by atoms with Crippen molar-refractivity contribution >= 4 is 11.6 Å². The van der Waals surface area contributed by atoms with Crippen molar-refractivity contribution in [2.45, 2.75) is 27.1 Å². The lowest BCUT2D eigenvalue weighted by Gasteiger charge is -2.13. The minimum Gasteiger partial charge on any atom is -0.489 e. The Bertz CT molecular complexity index is 792. The Balaban J connectivity index is 2.29. The van der Waals surface area contributed by atoms with Crippen LogP contribution < -0.4 is 10.5 Å².